The molecule has 0 bridgehead atoms. The molecule has 15 heavy (non-hydrogen) atoms. The van der Waals surface area contributed by atoms with E-state index in [4.69, 9.17) is 10.5 Å². The molecule has 0 atom stereocenters. The zero-order valence-corrected chi connectivity index (χ0v) is 9.92. The number of hydrogen-bond donors (Lipinski definition) is 1. The van der Waals surface area contributed by atoms with Gasteiger partial charge in [-0.05, 0) is 43.0 Å². The SMILES string of the molecule is CCOc1ccc(C(C)(C)CCN)cc1. The van der Waals surface area contributed by atoms with Gasteiger partial charge < -0.3 is 10.5 Å². The lowest BCUT2D eigenvalue weighted by Crippen LogP contribution is -2.21. The predicted molar refractivity (Wildman–Crippen MR) is 64.3 cm³/mol. The Hall–Kier alpha value is -1.02. The summed E-state index contributed by atoms with van der Waals surface area (Å²) in [5, 5.41) is 0. The molecule has 0 aliphatic heterocycles. The zero-order valence-electron chi connectivity index (χ0n) is 9.92. The topological polar surface area (TPSA) is 35.2 Å². The summed E-state index contributed by atoms with van der Waals surface area (Å²) in [5.74, 6) is 0.935. The van der Waals surface area contributed by atoms with Crippen LogP contribution >= 0.6 is 0 Å². The van der Waals surface area contributed by atoms with Crippen LogP contribution in [0.4, 0.5) is 0 Å². The molecule has 0 aliphatic rings. The van der Waals surface area contributed by atoms with Gasteiger partial charge in [-0.25, -0.2) is 0 Å². The summed E-state index contributed by atoms with van der Waals surface area (Å²) in [5.41, 5.74) is 7.07. The van der Waals surface area contributed by atoms with Gasteiger partial charge in [0.15, 0.2) is 0 Å². The van der Waals surface area contributed by atoms with Gasteiger partial charge in [-0.2, -0.15) is 0 Å². The van der Waals surface area contributed by atoms with Crippen LogP contribution in [0.2, 0.25) is 0 Å². The van der Waals surface area contributed by atoms with Crippen LogP contribution < -0.4 is 10.5 Å². The summed E-state index contributed by atoms with van der Waals surface area (Å²) in [6.07, 6.45) is 1.00. The Balaban J connectivity index is 2.78. The summed E-state index contributed by atoms with van der Waals surface area (Å²) in [4.78, 5) is 0. The van der Waals surface area contributed by atoms with Gasteiger partial charge in [-0.3, -0.25) is 0 Å². The third kappa shape index (κ3) is 3.24. The van der Waals surface area contributed by atoms with Crippen molar-refractivity contribution in [2.75, 3.05) is 13.2 Å². The van der Waals surface area contributed by atoms with E-state index in [2.05, 4.69) is 26.0 Å². The minimum absolute atomic E-state index is 0.152. The molecule has 0 spiro atoms. The highest BCUT2D eigenvalue weighted by molar-refractivity contribution is 5.31. The highest BCUT2D eigenvalue weighted by atomic mass is 16.5. The van der Waals surface area contributed by atoms with Crippen molar-refractivity contribution in [2.24, 2.45) is 5.73 Å². The highest BCUT2D eigenvalue weighted by Crippen LogP contribution is 2.27. The van der Waals surface area contributed by atoms with E-state index in [0.29, 0.717) is 6.61 Å². The van der Waals surface area contributed by atoms with Gasteiger partial charge in [0.25, 0.3) is 0 Å². The molecule has 1 rings (SSSR count). The van der Waals surface area contributed by atoms with Crippen LogP contribution in [0.5, 0.6) is 5.75 Å². The summed E-state index contributed by atoms with van der Waals surface area (Å²) < 4.78 is 5.41. The summed E-state index contributed by atoms with van der Waals surface area (Å²) in [6, 6.07) is 8.30. The Bertz CT molecular complexity index is 290. The molecule has 1 aromatic rings. The fourth-order valence-electron chi connectivity index (χ4n) is 1.67. The van der Waals surface area contributed by atoms with Gasteiger partial charge >= 0.3 is 0 Å². The van der Waals surface area contributed by atoms with E-state index in [1.807, 2.05) is 19.1 Å². The first-order valence-corrected chi connectivity index (χ1v) is 5.53. The van der Waals surface area contributed by atoms with Crippen molar-refractivity contribution in [3.8, 4) is 5.75 Å². The van der Waals surface area contributed by atoms with E-state index < -0.39 is 0 Å². The molecule has 0 unspecified atom stereocenters. The quantitative estimate of drug-likeness (QED) is 0.805. The van der Waals surface area contributed by atoms with Gasteiger partial charge in [-0.1, -0.05) is 26.0 Å². The number of benzene rings is 1. The van der Waals surface area contributed by atoms with Crippen LogP contribution in [0.15, 0.2) is 24.3 Å². The van der Waals surface area contributed by atoms with Crippen LogP contribution in [-0.2, 0) is 5.41 Å². The van der Waals surface area contributed by atoms with Gasteiger partial charge in [0.1, 0.15) is 5.75 Å². The van der Waals surface area contributed by atoms with Gasteiger partial charge in [0, 0.05) is 0 Å². The highest BCUT2D eigenvalue weighted by Gasteiger charge is 2.19. The maximum atomic E-state index is 5.60. The monoisotopic (exact) mass is 207 g/mol. The fraction of sp³-hybridized carbons (Fsp3) is 0.538. The first-order valence-electron chi connectivity index (χ1n) is 5.53. The fourth-order valence-corrected chi connectivity index (χ4v) is 1.67. The summed E-state index contributed by atoms with van der Waals surface area (Å²) >= 11 is 0. The lowest BCUT2D eigenvalue weighted by molar-refractivity contribution is 0.340. The zero-order chi connectivity index (χ0) is 11.3. The third-order valence-electron chi connectivity index (χ3n) is 2.72. The second kappa shape index (κ2) is 5.17. The average Bonchev–Trinajstić information content (AvgIpc) is 2.19. The average molecular weight is 207 g/mol. The van der Waals surface area contributed by atoms with Gasteiger partial charge in [0.2, 0.25) is 0 Å². The molecule has 84 valence electrons. The molecule has 2 nitrogen and oxygen atoms in total. The molecule has 0 aromatic heterocycles. The minimum atomic E-state index is 0.152. The maximum absolute atomic E-state index is 5.60. The lowest BCUT2D eigenvalue weighted by atomic mass is 9.82. The Kier molecular flexibility index (Phi) is 4.15. The molecular weight excluding hydrogens is 186 g/mol. The predicted octanol–water partition coefficient (Wildman–Crippen LogP) is 2.71. The number of rotatable bonds is 5. The number of ether oxygens (including phenoxy) is 1. The normalized spacial score (nSPS) is 11.5. The van der Waals surface area contributed by atoms with Crippen molar-refractivity contribution in [3.63, 3.8) is 0 Å². The maximum Gasteiger partial charge on any atom is 0.119 e. The molecule has 1 aromatic carbocycles. The van der Waals surface area contributed by atoms with Crippen molar-refractivity contribution in [2.45, 2.75) is 32.6 Å². The number of hydrogen-bond acceptors (Lipinski definition) is 2. The number of nitrogens with two attached hydrogens (primary N) is 1. The van der Waals surface area contributed by atoms with Gasteiger partial charge in [-0.15, -0.1) is 0 Å². The van der Waals surface area contributed by atoms with E-state index in [9.17, 15) is 0 Å². The van der Waals surface area contributed by atoms with Crippen molar-refractivity contribution < 1.29 is 4.74 Å². The molecule has 0 radical (unpaired) electrons. The Labute approximate surface area is 92.4 Å². The lowest BCUT2D eigenvalue weighted by Gasteiger charge is -2.24. The Morgan fingerprint density at radius 1 is 1.20 bits per heavy atom. The molecule has 0 aliphatic carbocycles. The molecule has 0 saturated carbocycles. The van der Waals surface area contributed by atoms with E-state index in [0.717, 1.165) is 18.7 Å². The Morgan fingerprint density at radius 3 is 2.27 bits per heavy atom. The van der Waals surface area contributed by atoms with Gasteiger partial charge in [0.05, 0.1) is 6.61 Å². The first kappa shape index (κ1) is 12.1. The molecule has 2 N–H and O–H groups in total. The van der Waals surface area contributed by atoms with Crippen LogP contribution in [0.1, 0.15) is 32.8 Å². The standard InChI is InChI=1S/C13H21NO/c1-4-15-12-7-5-11(6-8-12)13(2,3)9-10-14/h5-8H,4,9-10,14H2,1-3H3. The van der Waals surface area contributed by atoms with Crippen molar-refractivity contribution >= 4 is 0 Å². The Morgan fingerprint density at radius 2 is 1.80 bits per heavy atom. The summed E-state index contributed by atoms with van der Waals surface area (Å²) in [7, 11) is 0. The second-order valence-electron chi connectivity index (χ2n) is 4.38. The van der Waals surface area contributed by atoms with Crippen molar-refractivity contribution in [1.29, 1.82) is 0 Å². The van der Waals surface area contributed by atoms with Crippen LogP contribution in [-0.4, -0.2) is 13.2 Å². The van der Waals surface area contributed by atoms with E-state index in [-0.39, 0.29) is 5.41 Å². The van der Waals surface area contributed by atoms with E-state index >= 15 is 0 Å². The molecule has 2 heteroatoms. The molecule has 0 fully saturated rings. The first-order chi connectivity index (χ1) is 7.10. The second-order valence-corrected chi connectivity index (χ2v) is 4.38. The minimum Gasteiger partial charge on any atom is -0.494 e. The molecule has 0 amide bonds. The van der Waals surface area contributed by atoms with Crippen LogP contribution in [0.3, 0.4) is 0 Å². The van der Waals surface area contributed by atoms with Crippen LogP contribution in [0, 0.1) is 0 Å². The van der Waals surface area contributed by atoms with E-state index in [1.165, 1.54) is 5.56 Å². The molecule has 0 saturated heterocycles. The smallest absolute Gasteiger partial charge is 0.119 e. The van der Waals surface area contributed by atoms with E-state index in [1.54, 1.807) is 0 Å². The molecular formula is C13H21NO. The van der Waals surface area contributed by atoms with Crippen molar-refractivity contribution in [1.82, 2.24) is 0 Å². The molecule has 0 heterocycles. The third-order valence-corrected chi connectivity index (χ3v) is 2.72. The largest absolute Gasteiger partial charge is 0.494 e. The summed E-state index contributed by atoms with van der Waals surface area (Å²) in [6.45, 7) is 7.86. The van der Waals surface area contributed by atoms with Crippen molar-refractivity contribution in [3.05, 3.63) is 29.8 Å². The van der Waals surface area contributed by atoms with Crippen LogP contribution in [0.25, 0.3) is 0 Å².